The number of hydrogen-bond donors (Lipinski definition) is 1. The average molecular weight is 435 g/mol. The van der Waals surface area contributed by atoms with Crippen molar-refractivity contribution in [1.29, 1.82) is 0 Å². The first kappa shape index (κ1) is 22.7. The lowest BCUT2D eigenvalue weighted by Crippen LogP contribution is -2.30. The summed E-state index contributed by atoms with van der Waals surface area (Å²) in [5.41, 5.74) is 0.571. The van der Waals surface area contributed by atoms with E-state index in [1.807, 2.05) is 30.3 Å². The molecule has 0 bridgehead atoms. The molecule has 7 heteroatoms. The molecular formula is C25H25NO6. The fraction of sp³-hybridized carbons (Fsp3) is 0.200. The smallest absolute Gasteiger partial charge is 0.310 e. The summed E-state index contributed by atoms with van der Waals surface area (Å²) in [5, 5.41) is 2.72. The first-order valence-electron chi connectivity index (χ1n) is 10.1. The highest BCUT2D eigenvalue weighted by molar-refractivity contribution is 5.95. The zero-order valence-corrected chi connectivity index (χ0v) is 17.9. The topological polar surface area (TPSA) is 83.1 Å². The number of amides is 1. The number of para-hydroxylation sites is 1. The third kappa shape index (κ3) is 7.05. The Labute approximate surface area is 186 Å². The quantitative estimate of drug-likeness (QED) is 0.460. The van der Waals surface area contributed by atoms with Gasteiger partial charge >= 0.3 is 5.97 Å². The molecule has 3 rings (SSSR count). The zero-order valence-electron chi connectivity index (χ0n) is 17.9. The van der Waals surface area contributed by atoms with Crippen LogP contribution in [-0.2, 0) is 14.3 Å². The lowest BCUT2D eigenvalue weighted by atomic mass is 10.2. The van der Waals surface area contributed by atoms with Gasteiger partial charge in [-0.25, -0.2) is 0 Å². The highest BCUT2D eigenvalue weighted by atomic mass is 16.6. The molecule has 7 nitrogen and oxygen atoms in total. The van der Waals surface area contributed by atoms with Crippen molar-refractivity contribution in [2.24, 2.45) is 0 Å². The summed E-state index contributed by atoms with van der Waals surface area (Å²) in [4.78, 5) is 24.3. The molecule has 0 aromatic heterocycles. The molecule has 0 spiro atoms. The second-order valence-electron chi connectivity index (χ2n) is 6.83. The van der Waals surface area contributed by atoms with Gasteiger partial charge in [0.2, 0.25) is 0 Å². The average Bonchev–Trinajstić information content (AvgIpc) is 2.81. The summed E-state index contributed by atoms with van der Waals surface area (Å²) in [5.74, 6) is 1.75. The molecule has 0 fully saturated rings. The Kier molecular flexibility index (Phi) is 8.09. The van der Waals surface area contributed by atoms with Crippen LogP contribution < -0.4 is 19.5 Å². The van der Waals surface area contributed by atoms with Gasteiger partial charge in [-0.05, 0) is 67.6 Å². The minimum Gasteiger partial charge on any atom is -0.497 e. The van der Waals surface area contributed by atoms with Crippen LogP contribution in [-0.4, -0.2) is 31.7 Å². The number of anilines is 1. The first-order chi connectivity index (χ1) is 15.5. The third-order valence-electron chi connectivity index (χ3n) is 4.41. The van der Waals surface area contributed by atoms with Crippen molar-refractivity contribution in [1.82, 2.24) is 0 Å². The van der Waals surface area contributed by atoms with Crippen molar-refractivity contribution in [3.8, 4) is 23.0 Å². The van der Waals surface area contributed by atoms with E-state index in [1.165, 1.54) is 6.92 Å². The Bertz CT molecular complexity index is 1000. The molecule has 0 aliphatic carbocycles. The van der Waals surface area contributed by atoms with Crippen molar-refractivity contribution < 1.29 is 28.5 Å². The van der Waals surface area contributed by atoms with Gasteiger partial charge in [-0.2, -0.15) is 0 Å². The number of nitrogens with one attached hydrogen (secondary N) is 1. The maximum atomic E-state index is 12.3. The molecule has 3 aromatic carbocycles. The first-order valence-corrected chi connectivity index (χ1v) is 10.1. The second kappa shape index (κ2) is 11.4. The number of hydrogen-bond acceptors (Lipinski definition) is 6. The highest BCUT2D eigenvalue weighted by Crippen LogP contribution is 2.23. The summed E-state index contributed by atoms with van der Waals surface area (Å²) < 4.78 is 21.5. The van der Waals surface area contributed by atoms with Crippen molar-refractivity contribution >= 4 is 17.6 Å². The van der Waals surface area contributed by atoms with Crippen LogP contribution in [0.2, 0.25) is 0 Å². The number of benzene rings is 3. The fourth-order valence-corrected chi connectivity index (χ4v) is 2.71. The molecule has 0 aliphatic heterocycles. The van der Waals surface area contributed by atoms with Crippen LogP contribution >= 0.6 is 0 Å². The van der Waals surface area contributed by atoms with Crippen LogP contribution in [0.25, 0.3) is 0 Å². The number of carbonyl (C=O) groups excluding carboxylic acids is 2. The second-order valence-corrected chi connectivity index (χ2v) is 6.83. The van der Waals surface area contributed by atoms with Crippen LogP contribution in [0.4, 0.5) is 5.69 Å². The van der Waals surface area contributed by atoms with Crippen molar-refractivity contribution in [3.63, 3.8) is 0 Å². The van der Waals surface area contributed by atoms with Gasteiger partial charge < -0.3 is 24.3 Å². The van der Waals surface area contributed by atoms with Gasteiger partial charge in [0.15, 0.2) is 6.10 Å². The molecule has 1 unspecified atom stereocenters. The van der Waals surface area contributed by atoms with Gasteiger partial charge in [-0.15, -0.1) is 0 Å². The van der Waals surface area contributed by atoms with Crippen molar-refractivity contribution in [2.45, 2.75) is 19.4 Å². The molecule has 0 saturated heterocycles. The molecule has 166 valence electrons. The highest BCUT2D eigenvalue weighted by Gasteiger charge is 2.18. The minimum absolute atomic E-state index is 0.0230. The molecule has 0 heterocycles. The van der Waals surface area contributed by atoms with Crippen LogP contribution in [0.15, 0.2) is 78.9 Å². The van der Waals surface area contributed by atoms with Crippen LogP contribution in [0, 0.1) is 0 Å². The summed E-state index contributed by atoms with van der Waals surface area (Å²) in [6, 6.07) is 23.3. The zero-order chi connectivity index (χ0) is 22.8. The van der Waals surface area contributed by atoms with Crippen molar-refractivity contribution in [3.05, 3.63) is 78.9 Å². The summed E-state index contributed by atoms with van der Waals surface area (Å²) in [7, 11) is 1.58. The van der Waals surface area contributed by atoms with E-state index in [4.69, 9.17) is 18.9 Å². The largest absolute Gasteiger partial charge is 0.497 e. The van der Waals surface area contributed by atoms with Crippen LogP contribution in [0.3, 0.4) is 0 Å². The summed E-state index contributed by atoms with van der Waals surface area (Å²) in [6.07, 6.45) is -0.918. The van der Waals surface area contributed by atoms with E-state index >= 15 is 0 Å². The molecule has 0 saturated carbocycles. The van der Waals surface area contributed by atoms with E-state index in [0.29, 0.717) is 17.2 Å². The van der Waals surface area contributed by atoms with E-state index in [1.54, 1.807) is 55.6 Å². The van der Waals surface area contributed by atoms with E-state index in [-0.39, 0.29) is 13.0 Å². The predicted molar refractivity (Wildman–Crippen MR) is 120 cm³/mol. The van der Waals surface area contributed by atoms with E-state index in [0.717, 1.165) is 11.5 Å². The molecule has 0 aliphatic rings. The summed E-state index contributed by atoms with van der Waals surface area (Å²) in [6.45, 7) is 1.66. The van der Waals surface area contributed by atoms with Gasteiger partial charge in [0.05, 0.1) is 20.1 Å². The van der Waals surface area contributed by atoms with Crippen LogP contribution in [0.5, 0.6) is 23.0 Å². The van der Waals surface area contributed by atoms with E-state index in [9.17, 15) is 9.59 Å². The number of methoxy groups -OCH3 is 1. The van der Waals surface area contributed by atoms with Crippen LogP contribution in [0.1, 0.15) is 13.3 Å². The normalized spacial score (nSPS) is 11.2. The molecule has 32 heavy (non-hydrogen) atoms. The molecule has 1 atom stereocenters. The Morgan fingerprint density at radius 2 is 1.41 bits per heavy atom. The van der Waals surface area contributed by atoms with Gasteiger partial charge in [0, 0.05) is 5.69 Å². The van der Waals surface area contributed by atoms with E-state index in [2.05, 4.69) is 5.32 Å². The standard InChI is InChI=1S/C25H25NO6/c1-18(31-24(27)16-17-30-21-14-12-20(29-2)13-15-21)25(28)26-19-8-10-23(11-9-19)32-22-6-4-3-5-7-22/h3-15,18H,16-17H2,1-2H3,(H,26,28). The van der Waals surface area contributed by atoms with E-state index < -0.39 is 18.0 Å². The minimum atomic E-state index is -0.941. The number of carbonyl (C=O) groups is 2. The molecule has 1 amide bonds. The molecule has 0 radical (unpaired) electrons. The maximum Gasteiger partial charge on any atom is 0.310 e. The third-order valence-corrected chi connectivity index (χ3v) is 4.41. The number of esters is 1. The van der Waals surface area contributed by atoms with Gasteiger partial charge in [0.1, 0.15) is 23.0 Å². The Morgan fingerprint density at radius 1 is 0.812 bits per heavy atom. The Balaban J connectivity index is 1.40. The van der Waals surface area contributed by atoms with Gasteiger partial charge in [-0.1, -0.05) is 18.2 Å². The Hall–Kier alpha value is -4.00. The lowest BCUT2D eigenvalue weighted by molar-refractivity contribution is -0.153. The molecule has 3 aromatic rings. The monoisotopic (exact) mass is 435 g/mol. The lowest BCUT2D eigenvalue weighted by Gasteiger charge is -2.14. The number of ether oxygens (including phenoxy) is 4. The molecular weight excluding hydrogens is 410 g/mol. The van der Waals surface area contributed by atoms with Crippen molar-refractivity contribution in [2.75, 3.05) is 19.0 Å². The SMILES string of the molecule is COc1ccc(OCCC(=O)OC(C)C(=O)Nc2ccc(Oc3ccccc3)cc2)cc1. The number of rotatable bonds is 10. The molecule has 1 N–H and O–H groups in total. The predicted octanol–water partition coefficient (Wildman–Crippen LogP) is 4.83. The van der Waals surface area contributed by atoms with Gasteiger partial charge in [-0.3, -0.25) is 9.59 Å². The fourth-order valence-electron chi connectivity index (χ4n) is 2.71. The van der Waals surface area contributed by atoms with Gasteiger partial charge in [0.25, 0.3) is 5.91 Å². The maximum absolute atomic E-state index is 12.3. The summed E-state index contributed by atoms with van der Waals surface area (Å²) >= 11 is 0. The Morgan fingerprint density at radius 3 is 2.06 bits per heavy atom.